The van der Waals surface area contributed by atoms with Gasteiger partial charge in [0, 0.05) is 29.5 Å². The van der Waals surface area contributed by atoms with Crippen LogP contribution in [0.3, 0.4) is 0 Å². The molecular formula is C25H29NO8. The Morgan fingerprint density at radius 1 is 1.18 bits per heavy atom. The summed E-state index contributed by atoms with van der Waals surface area (Å²) in [7, 11) is 1.27. The Hall–Kier alpha value is -3.33. The molecule has 1 aromatic carbocycles. The first-order valence-corrected chi connectivity index (χ1v) is 11.3. The summed E-state index contributed by atoms with van der Waals surface area (Å²) in [5.74, 6) is -2.32. The van der Waals surface area contributed by atoms with Gasteiger partial charge in [-0.25, -0.2) is 4.79 Å². The summed E-state index contributed by atoms with van der Waals surface area (Å²) in [6.45, 7) is 6.45. The molecule has 0 aromatic heterocycles. The van der Waals surface area contributed by atoms with Crippen molar-refractivity contribution in [1.29, 1.82) is 0 Å². The SMILES string of the molecule is CCOCCOC(=O)C1=C(C)NC2=C(C(=O)[C@@H](C(=O)OC)[C@H](C)C2)[C@H]1c1ccc2c(c1)OCO2. The molecule has 0 saturated heterocycles. The van der Waals surface area contributed by atoms with Gasteiger partial charge in [-0.15, -0.1) is 0 Å². The molecule has 1 N–H and O–H groups in total. The first-order chi connectivity index (χ1) is 16.4. The lowest BCUT2D eigenvalue weighted by atomic mass is 9.69. The summed E-state index contributed by atoms with van der Waals surface area (Å²) >= 11 is 0. The molecule has 3 atom stereocenters. The molecule has 34 heavy (non-hydrogen) atoms. The molecule has 3 aliphatic rings. The summed E-state index contributed by atoms with van der Waals surface area (Å²) in [5, 5.41) is 3.24. The van der Waals surface area contributed by atoms with Gasteiger partial charge in [-0.2, -0.15) is 0 Å². The van der Waals surface area contributed by atoms with E-state index in [0.29, 0.717) is 52.6 Å². The smallest absolute Gasteiger partial charge is 0.336 e. The molecule has 0 saturated carbocycles. The molecule has 182 valence electrons. The predicted molar refractivity (Wildman–Crippen MR) is 120 cm³/mol. The molecule has 1 aliphatic carbocycles. The van der Waals surface area contributed by atoms with Crippen LogP contribution in [0.1, 0.15) is 38.7 Å². The van der Waals surface area contributed by atoms with E-state index in [4.69, 9.17) is 23.7 Å². The lowest BCUT2D eigenvalue weighted by molar-refractivity contribution is -0.151. The zero-order chi connectivity index (χ0) is 24.4. The first-order valence-electron chi connectivity index (χ1n) is 11.3. The van der Waals surface area contributed by atoms with Crippen LogP contribution in [0.25, 0.3) is 0 Å². The number of esters is 2. The monoisotopic (exact) mass is 471 g/mol. The van der Waals surface area contributed by atoms with Crippen molar-refractivity contribution in [2.24, 2.45) is 11.8 Å². The third-order valence-corrected chi connectivity index (χ3v) is 6.36. The molecule has 1 aromatic rings. The van der Waals surface area contributed by atoms with E-state index in [-0.39, 0.29) is 31.7 Å². The topological polar surface area (TPSA) is 109 Å². The van der Waals surface area contributed by atoms with Crippen LogP contribution in [-0.4, -0.2) is 51.4 Å². The molecule has 2 heterocycles. The average Bonchev–Trinajstić information content (AvgIpc) is 3.28. The summed E-state index contributed by atoms with van der Waals surface area (Å²) in [5.41, 5.74) is 2.64. The summed E-state index contributed by atoms with van der Waals surface area (Å²) in [6, 6.07) is 5.32. The Bertz CT molecular complexity index is 1070. The maximum atomic E-state index is 13.7. The van der Waals surface area contributed by atoms with Gasteiger partial charge in [0.2, 0.25) is 6.79 Å². The number of methoxy groups -OCH3 is 1. The minimum atomic E-state index is -0.948. The zero-order valence-corrected chi connectivity index (χ0v) is 19.8. The molecule has 9 heteroatoms. The van der Waals surface area contributed by atoms with E-state index in [2.05, 4.69) is 5.32 Å². The highest BCUT2D eigenvalue weighted by molar-refractivity contribution is 6.12. The van der Waals surface area contributed by atoms with Gasteiger partial charge in [-0.1, -0.05) is 13.0 Å². The van der Waals surface area contributed by atoms with E-state index in [1.54, 1.807) is 25.1 Å². The van der Waals surface area contributed by atoms with Crippen molar-refractivity contribution in [3.8, 4) is 11.5 Å². The largest absolute Gasteiger partial charge is 0.468 e. The standard InChI is InChI=1S/C25H29NO8/c1-5-31-8-9-32-25(29)20-14(3)26-16-10-13(2)19(24(28)30-4)23(27)22(16)21(20)15-6-7-17-18(11-15)34-12-33-17/h6-7,11,13,19,21,26H,5,8-10,12H2,1-4H3/t13-,19+,21+/m1/s1. The van der Waals surface area contributed by atoms with Gasteiger partial charge in [0.05, 0.1) is 19.3 Å². The number of allylic oxidation sites excluding steroid dienone is 3. The maximum Gasteiger partial charge on any atom is 0.336 e. The zero-order valence-electron chi connectivity index (χ0n) is 19.8. The third-order valence-electron chi connectivity index (χ3n) is 6.36. The number of carbonyl (C=O) groups is 3. The second kappa shape index (κ2) is 9.89. The Balaban J connectivity index is 1.78. The number of benzene rings is 1. The van der Waals surface area contributed by atoms with Crippen LogP contribution in [0.2, 0.25) is 0 Å². The fraction of sp³-hybridized carbons (Fsp3) is 0.480. The summed E-state index contributed by atoms with van der Waals surface area (Å²) < 4.78 is 26.7. The van der Waals surface area contributed by atoms with E-state index in [9.17, 15) is 14.4 Å². The number of fused-ring (bicyclic) bond motifs is 1. The third kappa shape index (κ3) is 4.27. The lowest BCUT2D eigenvalue weighted by Gasteiger charge is -2.38. The van der Waals surface area contributed by atoms with Crippen molar-refractivity contribution in [2.45, 2.75) is 33.1 Å². The molecule has 0 fully saturated rings. The number of dihydropyridines is 1. The van der Waals surface area contributed by atoms with Crippen LogP contribution in [0.5, 0.6) is 11.5 Å². The molecule has 0 unspecified atom stereocenters. The lowest BCUT2D eigenvalue weighted by Crippen LogP contribution is -2.43. The minimum Gasteiger partial charge on any atom is -0.468 e. The Kier molecular flexibility index (Phi) is 6.92. The van der Waals surface area contributed by atoms with Crippen LogP contribution < -0.4 is 14.8 Å². The summed E-state index contributed by atoms with van der Waals surface area (Å²) in [4.78, 5) is 39.5. The molecule has 0 radical (unpaired) electrons. The van der Waals surface area contributed by atoms with E-state index < -0.39 is 23.8 Å². The van der Waals surface area contributed by atoms with E-state index >= 15 is 0 Å². The maximum absolute atomic E-state index is 13.7. The predicted octanol–water partition coefficient (Wildman–Crippen LogP) is 2.61. The van der Waals surface area contributed by atoms with E-state index in [0.717, 1.165) is 0 Å². The highest BCUT2D eigenvalue weighted by Gasteiger charge is 2.47. The number of Topliss-reactive ketones (excluding diaryl/α,β-unsaturated/α-hetero) is 1. The van der Waals surface area contributed by atoms with Crippen LogP contribution in [0, 0.1) is 11.8 Å². The molecule has 9 nitrogen and oxygen atoms in total. The van der Waals surface area contributed by atoms with Crippen molar-refractivity contribution in [3.63, 3.8) is 0 Å². The first kappa shape index (κ1) is 23.8. The van der Waals surface area contributed by atoms with Crippen LogP contribution in [0.4, 0.5) is 0 Å². The van der Waals surface area contributed by atoms with Crippen LogP contribution in [0.15, 0.2) is 40.7 Å². The second-order valence-electron chi connectivity index (χ2n) is 8.48. The highest BCUT2D eigenvalue weighted by Crippen LogP contribution is 2.47. The van der Waals surface area contributed by atoms with Crippen molar-refractivity contribution < 1.29 is 38.1 Å². The van der Waals surface area contributed by atoms with Gasteiger partial charge in [0.25, 0.3) is 0 Å². The highest BCUT2D eigenvalue weighted by atomic mass is 16.7. The van der Waals surface area contributed by atoms with Crippen molar-refractivity contribution in [3.05, 3.63) is 46.3 Å². The molecule has 0 spiro atoms. The van der Waals surface area contributed by atoms with Crippen molar-refractivity contribution in [2.75, 3.05) is 33.7 Å². The normalized spacial score (nSPS) is 23.4. The van der Waals surface area contributed by atoms with E-state index in [1.165, 1.54) is 7.11 Å². The number of hydrogen-bond donors (Lipinski definition) is 1. The molecule has 0 bridgehead atoms. The fourth-order valence-electron chi connectivity index (χ4n) is 4.79. The number of carbonyl (C=O) groups excluding carboxylic acids is 3. The van der Waals surface area contributed by atoms with Gasteiger partial charge in [-0.3, -0.25) is 9.59 Å². The number of rotatable bonds is 7. The molecule has 4 rings (SSSR count). The Morgan fingerprint density at radius 3 is 2.68 bits per heavy atom. The number of ether oxygens (including phenoxy) is 5. The van der Waals surface area contributed by atoms with Gasteiger partial charge < -0.3 is 29.0 Å². The van der Waals surface area contributed by atoms with Crippen LogP contribution >= 0.6 is 0 Å². The molecular weight excluding hydrogens is 442 g/mol. The Morgan fingerprint density at radius 2 is 1.94 bits per heavy atom. The minimum absolute atomic E-state index is 0.0823. The molecule has 2 aliphatic heterocycles. The number of hydrogen-bond acceptors (Lipinski definition) is 9. The summed E-state index contributed by atoms with van der Waals surface area (Å²) in [6.07, 6.45) is 0.464. The van der Waals surface area contributed by atoms with Gasteiger partial charge in [0.1, 0.15) is 12.5 Å². The second-order valence-corrected chi connectivity index (χ2v) is 8.48. The number of nitrogens with one attached hydrogen (secondary N) is 1. The van der Waals surface area contributed by atoms with Crippen molar-refractivity contribution >= 4 is 17.7 Å². The van der Waals surface area contributed by atoms with Gasteiger partial charge in [-0.05, 0) is 43.9 Å². The van der Waals surface area contributed by atoms with Crippen LogP contribution in [-0.2, 0) is 28.6 Å². The van der Waals surface area contributed by atoms with Gasteiger partial charge in [0.15, 0.2) is 17.3 Å². The molecule has 0 amide bonds. The average molecular weight is 472 g/mol. The fourth-order valence-corrected chi connectivity index (χ4v) is 4.79. The van der Waals surface area contributed by atoms with Gasteiger partial charge >= 0.3 is 11.9 Å². The van der Waals surface area contributed by atoms with E-state index in [1.807, 2.05) is 13.8 Å². The Labute approximate surface area is 198 Å². The van der Waals surface area contributed by atoms with Crippen molar-refractivity contribution in [1.82, 2.24) is 5.32 Å². The quantitative estimate of drug-likeness (QED) is 0.365. The number of ketones is 1.